The lowest BCUT2D eigenvalue weighted by Gasteiger charge is -2.30. The molecule has 1 saturated carbocycles. The van der Waals surface area contributed by atoms with E-state index in [0.717, 1.165) is 24.2 Å². The van der Waals surface area contributed by atoms with Crippen LogP contribution in [0.15, 0.2) is 18.3 Å². The number of halogens is 3. The Morgan fingerprint density at radius 3 is 2.26 bits per heavy atom. The number of aromatic nitrogens is 2. The lowest BCUT2D eigenvalue weighted by Crippen LogP contribution is -2.40. The highest BCUT2D eigenvalue weighted by Gasteiger charge is 2.43. The molecule has 0 unspecified atom stereocenters. The minimum absolute atomic E-state index is 0.0422. The van der Waals surface area contributed by atoms with Crippen molar-refractivity contribution in [1.82, 2.24) is 15.3 Å². The van der Waals surface area contributed by atoms with Crippen molar-refractivity contribution >= 4 is 23.6 Å². The summed E-state index contributed by atoms with van der Waals surface area (Å²) in [4.78, 5) is 35.6. The van der Waals surface area contributed by atoms with Crippen molar-refractivity contribution in [2.24, 2.45) is 0 Å². The number of alkyl halides is 3. The van der Waals surface area contributed by atoms with Crippen molar-refractivity contribution in [2.45, 2.75) is 64.7 Å². The fourth-order valence-corrected chi connectivity index (χ4v) is 4.16. The largest absolute Gasteiger partial charge is 0.491 e. The summed E-state index contributed by atoms with van der Waals surface area (Å²) in [5, 5.41) is 6.31. The van der Waals surface area contributed by atoms with Gasteiger partial charge in [0.25, 0.3) is 5.91 Å². The van der Waals surface area contributed by atoms with Gasteiger partial charge in [-0.15, -0.1) is 0 Å². The van der Waals surface area contributed by atoms with Gasteiger partial charge < -0.3 is 29.7 Å². The predicted octanol–water partition coefficient (Wildman–Crippen LogP) is 4.27. The second-order valence-corrected chi connectivity index (χ2v) is 9.29. The van der Waals surface area contributed by atoms with E-state index in [1.165, 1.54) is 12.1 Å². The van der Waals surface area contributed by atoms with Crippen molar-refractivity contribution in [3.8, 4) is 17.2 Å². The number of hydrogen-bond donors (Lipinski definition) is 2. The summed E-state index contributed by atoms with van der Waals surface area (Å²) in [7, 11) is 3.72. The molecule has 0 aliphatic heterocycles. The first-order valence-electron chi connectivity index (χ1n) is 12.7. The number of benzene rings is 1. The van der Waals surface area contributed by atoms with E-state index in [1.54, 1.807) is 20.0 Å². The van der Waals surface area contributed by atoms with Crippen molar-refractivity contribution < 1.29 is 37.0 Å². The Bertz CT molecular complexity index is 1170. The van der Waals surface area contributed by atoms with Crippen molar-refractivity contribution in [3.05, 3.63) is 29.5 Å². The van der Waals surface area contributed by atoms with Gasteiger partial charge in [-0.1, -0.05) is 0 Å². The van der Waals surface area contributed by atoms with E-state index in [4.69, 9.17) is 9.47 Å². The van der Waals surface area contributed by atoms with Crippen molar-refractivity contribution in [1.29, 1.82) is 0 Å². The zero-order chi connectivity index (χ0) is 28.7. The van der Waals surface area contributed by atoms with Crippen LogP contribution in [-0.2, 0) is 4.79 Å². The number of aryl methyl sites for hydroxylation is 1. The van der Waals surface area contributed by atoms with E-state index < -0.39 is 23.8 Å². The van der Waals surface area contributed by atoms with Crippen LogP contribution in [0.3, 0.4) is 0 Å². The Hall–Kier alpha value is -3.77. The summed E-state index contributed by atoms with van der Waals surface area (Å²) in [6, 6.07) is 2.56. The van der Waals surface area contributed by atoms with Gasteiger partial charge in [-0.25, -0.2) is 9.78 Å². The molecule has 1 aromatic heterocycles. The molecule has 2 N–H and O–H groups in total. The Balaban J connectivity index is 1.74. The van der Waals surface area contributed by atoms with Gasteiger partial charge in [0.15, 0.2) is 11.5 Å². The van der Waals surface area contributed by atoms with Crippen LogP contribution in [-0.4, -0.2) is 67.4 Å². The standard InChI is InChI=1S/C26H34F3N5O5/c1-6-37-19-13-12-18(20(21(19)38-7-2)39-24(36)26(27,28)29)23(35)32-17-10-8-16(9-11-17)31-22-15(3)14-30-25(33-22)34(4)5/h12-14,16-17H,6-11H2,1-5H3,(H,32,35)(H,30,31,33). The highest BCUT2D eigenvalue weighted by atomic mass is 19.4. The Morgan fingerprint density at radius 1 is 1.03 bits per heavy atom. The zero-order valence-electron chi connectivity index (χ0n) is 22.6. The number of carbonyl (C=O) groups excluding carboxylic acids is 2. The molecule has 1 heterocycles. The zero-order valence-corrected chi connectivity index (χ0v) is 22.6. The molecule has 214 valence electrons. The van der Waals surface area contributed by atoms with E-state index in [1.807, 2.05) is 25.9 Å². The molecule has 0 atom stereocenters. The Morgan fingerprint density at radius 2 is 1.67 bits per heavy atom. The average molecular weight is 554 g/mol. The van der Waals surface area contributed by atoms with Crippen LogP contribution < -0.4 is 29.7 Å². The van der Waals surface area contributed by atoms with Gasteiger partial charge in [0.05, 0.1) is 18.8 Å². The van der Waals surface area contributed by atoms with Crippen LogP contribution in [0.2, 0.25) is 0 Å². The SMILES string of the molecule is CCOc1ccc(C(=O)NC2CCC(Nc3nc(N(C)C)ncc3C)CC2)c(OC(=O)C(F)(F)F)c1OCC. The number of nitrogens with one attached hydrogen (secondary N) is 2. The first-order valence-corrected chi connectivity index (χ1v) is 12.7. The fourth-order valence-electron chi connectivity index (χ4n) is 4.16. The summed E-state index contributed by atoms with van der Waals surface area (Å²) in [6.45, 7) is 5.43. The molecule has 1 amide bonds. The first kappa shape index (κ1) is 29.8. The van der Waals surface area contributed by atoms with Crippen LogP contribution in [0, 0.1) is 6.92 Å². The molecular weight excluding hydrogens is 519 g/mol. The van der Waals surface area contributed by atoms with Gasteiger partial charge in [-0.2, -0.15) is 18.2 Å². The molecule has 0 radical (unpaired) electrons. The molecular formula is C26H34F3N5O5. The number of ether oxygens (including phenoxy) is 3. The molecule has 2 aromatic rings. The summed E-state index contributed by atoms with van der Waals surface area (Å²) in [5.41, 5.74) is 0.658. The normalized spacial score (nSPS) is 17.2. The monoisotopic (exact) mass is 553 g/mol. The second kappa shape index (κ2) is 12.9. The highest BCUT2D eigenvalue weighted by Crippen LogP contribution is 2.41. The average Bonchev–Trinajstić information content (AvgIpc) is 2.87. The molecule has 0 saturated heterocycles. The van der Waals surface area contributed by atoms with Gasteiger partial charge in [-0.3, -0.25) is 4.79 Å². The number of anilines is 2. The topological polar surface area (TPSA) is 115 Å². The van der Waals surface area contributed by atoms with E-state index in [-0.39, 0.29) is 42.4 Å². The maximum Gasteiger partial charge on any atom is 0.491 e. The molecule has 3 rings (SSSR count). The number of nitrogens with zero attached hydrogens (tertiary/aromatic N) is 3. The number of esters is 1. The number of carbonyl (C=O) groups is 2. The summed E-state index contributed by atoms with van der Waals surface area (Å²) in [6.07, 6.45) is -0.793. The Kier molecular flexibility index (Phi) is 9.81. The van der Waals surface area contributed by atoms with Gasteiger partial charge in [0.1, 0.15) is 5.82 Å². The van der Waals surface area contributed by atoms with Crippen LogP contribution in [0.4, 0.5) is 24.9 Å². The van der Waals surface area contributed by atoms with E-state index in [2.05, 4.69) is 25.3 Å². The fraction of sp³-hybridized carbons (Fsp3) is 0.538. The van der Waals surface area contributed by atoms with Gasteiger partial charge in [0.2, 0.25) is 11.7 Å². The number of amides is 1. The lowest BCUT2D eigenvalue weighted by molar-refractivity contribution is -0.189. The van der Waals surface area contributed by atoms with Crippen LogP contribution in [0.5, 0.6) is 17.2 Å². The molecule has 1 aliphatic carbocycles. The molecule has 1 aromatic carbocycles. The van der Waals surface area contributed by atoms with Crippen LogP contribution in [0.25, 0.3) is 0 Å². The highest BCUT2D eigenvalue weighted by molar-refractivity contribution is 5.99. The predicted molar refractivity (Wildman–Crippen MR) is 139 cm³/mol. The van der Waals surface area contributed by atoms with E-state index in [0.29, 0.717) is 18.8 Å². The van der Waals surface area contributed by atoms with Crippen LogP contribution in [0.1, 0.15) is 55.5 Å². The van der Waals surface area contributed by atoms with Crippen molar-refractivity contribution in [3.63, 3.8) is 0 Å². The second-order valence-electron chi connectivity index (χ2n) is 9.29. The minimum atomic E-state index is -5.26. The smallest absolute Gasteiger partial charge is 0.490 e. The van der Waals surface area contributed by atoms with Gasteiger partial charge >= 0.3 is 12.1 Å². The summed E-state index contributed by atoms with van der Waals surface area (Å²) < 4.78 is 54.6. The molecule has 10 nitrogen and oxygen atoms in total. The van der Waals surface area contributed by atoms with E-state index in [9.17, 15) is 22.8 Å². The number of rotatable bonds is 10. The third-order valence-corrected chi connectivity index (χ3v) is 6.10. The molecule has 13 heteroatoms. The van der Waals surface area contributed by atoms with Crippen LogP contribution >= 0.6 is 0 Å². The molecule has 0 spiro atoms. The summed E-state index contributed by atoms with van der Waals surface area (Å²) in [5.74, 6) is -2.62. The maximum atomic E-state index is 13.2. The lowest BCUT2D eigenvalue weighted by atomic mass is 9.91. The number of hydrogen-bond acceptors (Lipinski definition) is 9. The minimum Gasteiger partial charge on any atom is -0.490 e. The molecule has 0 bridgehead atoms. The van der Waals surface area contributed by atoms with Gasteiger partial charge in [0, 0.05) is 37.9 Å². The maximum absolute atomic E-state index is 13.2. The Labute approximate surface area is 225 Å². The quantitative estimate of drug-likeness (QED) is 0.329. The van der Waals surface area contributed by atoms with Gasteiger partial charge in [-0.05, 0) is 58.6 Å². The summed E-state index contributed by atoms with van der Waals surface area (Å²) >= 11 is 0. The third kappa shape index (κ3) is 7.64. The first-order chi connectivity index (χ1) is 18.4. The van der Waals surface area contributed by atoms with E-state index >= 15 is 0 Å². The van der Waals surface area contributed by atoms with Crippen molar-refractivity contribution in [2.75, 3.05) is 37.5 Å². The molecule has 39 heavy (non-hydrogen) atoms. The molecule has 1 aliphatic rings. The third-order valence-electron chi connectivity index (χ3n) is 6.10. The molecule has 1 fully saturated rings.